The Kier molecular flexibility index (Phi) is 4.21. The van der Waals surface area contributed by atoms with Crippen molar-refractivity contribution in [2.75, 3.05) is 13.1 Å². The van der Waals surface area contributed by atoms with E-state index in [1.54, 1.807) is 0 Å². The maximum absolute atomic E-state index is 3.47. The molecule has 0 saturated carbocycles. The molecule has 0 aliphatic carbocycles. The maximum Gasteiger partial charge on any atom is 0.0175 e. The summed E-state index contributed by atoms with van der Waals surface area (Å²) in [4.78, 5) is 0. The van der Waals surface area contributed by atoms with E-state index < -0.39 is 0 Å². The highest BCUT2D eigenvalue weighted by molar-refractivity contribution is 9.10. The van der Waals surface area contributed by atoms with Crippen LogP contribution >= 0.6 is 15.9 Å². The first-order chi connectivity index (χ1) is 7.34. The smallest absolute Gasteiger partial charge is 0.0175 e. The maximum atomic E-state index is 3.47. The molecule has 0 radical (unpaired) electrons. The molecule has 2 heteroatoms. The minimum atomic E-state index is 0.876. The van der Waals surface area contributed by atoms with E-state index in [-0.39, 0.29) is 0 Å². The summed E-state index contributed by atoms with van der Waals surface area (Å²) < 4.78 is 1.17. The number of nitrogens with one attached hydrogen (secondary N) is 1. The van der Waals surface area contributed by atoms with Gasteiger partial charge in [0.2, 0.25) is 0 Å². The topological polar surface area (TPSA) is 12.0 Å². The van der Waals surface area contributed by atoms with E-state index in [0.29, 0.717) is 0 Å². The lowest BCUT2D eigenvalue weighted by Gasteiger charge is -2.13. The van der Waals surface area contributed by atoms with Crippen LogP contribution in [0.5, 0.6) is 0 Å². The number of hydrogen-bond acceptors (Lipinski definition) is 1. The molecule has 0 aromatic heterocycles. The van der Waals surface area contributed by atoms with Crippen molar-refractivity contribution in [3.8, 4) is 0 Å². The third kappa shape index (κ3) is 3.62. The van der Waals surface area contributed by atoms with Crippen molar-refractivity contribution >= 4 is 15.9 Å². The zero-order valence-corrected chi connectivity index (χ0v) is 10.6. The molecular weight excluding hydrogens is 250 g/mol. The van der Waals surface area contributed by atoms with Crippen molar-refractivity contribution in [2.24, 2.45) is 5.92 Å². The van der Waals surface area contributed by atoms with Gasteiger partial charge in [0, 0.05) is 4.47 Å². The van der Waals surface area contributed by atoms with Gasteiger partial charge in [0.15, 0.2) is 0 Å². The first kappa shape index (κ1) is 11.2. The van der Waals surface area contributed by atoms with Crippen LogP contribution in [-0.2, 0) is 6.42 Å². The third-order valence-corrected chi connectivity index (χ3v) is 3.66. The highest BCUT2D eigenvalue weighted by atomic mass is 79.9. The van der Waals surface area contributed by atoms with Crippen LogP contribution in [0.25, 0.3) is 0 Å². The summed E-state index contributed by atoms with van der Waals surface area (Å²) in [6, 6.07) is 8.76. The van der Waals surface area contributed by atoms with Crippen LogP contribution < -0.4 is 5.32 Å². The Bertz CT molecular complexity index is 286. The van der Waals surface area contributed by atoms with Crippen LogP contribution in [0.15, 0.2) is 28.7 Å². The number of halogens is 1. The molecular formula is C13H18BrN. The summed E-state index contributed by atoms with van der Waals surface area (Å²) >= 11 is 3.47. The van der Waals surface area contributed by atoms with E-state index >= 15 is 0 Å². The lowest BCUT2D eigenvalue weighted by atomic mass is 9.93. The Hall–Kier alpha value is -0.340. The molecule has 1 fully saturated rings. The summed E-state index contributed by atoms with van der Waals surface area (Å²) in [6.07, 6.45) is 5.29. The molecule has 1 saturated heterocycles. The lowest BCUT2D eigenvalue weighted by Crippen LogP contribution is -2.14. The van der Waals surface area contributed by atoms with Crippen LogP contribution in [0.2, 0.25) is 0 Å². The van der Waals surface area contributed by atoms with E-state index in [2.05, 4.69) is 45.5 Å². The van der Waals surface area contributed by atoms with Crippen LogP contribution in [0.1, 0.15) is 24.8 Å². The van der Waals surface area contributed by atoms with Crippen molar-refractivity contribution in [2.45, 2.75) is 25.7 Å². The van der Waals surface area contributed by atoms with Crippen LogP contribution in [-0.4, -0.2) is 13.1 Å². The molecule has 0 bridgehead atoms. The highest BCUT2D eigenvalue weighted by Gasteiger charge is 2.12. The molecule has 0 amide bonds. The number of rotatable bonds is 2. The van der Waals surface area contributed by atoms with Gasteiger partial charge in [-0.2, -0.15) is 0 Å². The Labute approximate surface area is 100 Å². The van der Waals surface area contributed by atoms with Gasteiger partial charge in [-0.15, -0.1) is 0 Å². The predicted octanol–water partition coefficient (Wildman–Crippen LogP) is 3.38. The summed E-state index contributed by atoms with van der Waals surface area (Å²) in [5.41, 5.74) is 1.48. The van der Waals surface area contributed by atoms with Gasteiger partial charge in [-0.3, -0.25) is 0 Å². The van der Waals surface area contributed by atoms with E-state index in [0.717, 1.165) is 5.92 Å². The molecule has 1 aromatic rings. The van der Waals surface area contributed by atoms with Crippen molar-refractivity contribution < 1.29 is 0 Å². The SMILES string of the molecule is Brc1ccc(CC2CCCNCC2)cc1. The van der Waals surface area contributed by atoms with Crippen LogP contribution in [0, 0.1) is 5.92 Å². The van der Waals surface area contributed by atoms with Crippen molar-refractivity contribution in [1.29, 1.82) is 0 Å². The van der Waals surface area contributed by atoms with Crippen molar-refractivity contribution in [1.82, 2.24) is 5.32 Å². The summed E-state index contributed by atoms with van der Waals surface area (Å²) in [7, 11) is 0. The molecule has 0 spiro atoms. The largest absolute Gasteiger partial charge is 0.317 e. The van der Waals surface area contributed by atoms with Gasteiger partial charge in [-0.25, -0.2) is 0 Å². The molecule has 15 heavy (non-hydrogen) atoms. The van der Waals surface area contributed by atoms with Crippen molar-refractivity contribution in [3.63, 3.8) is 0 Å². The zero-order chi connectivity index (χ0) is 10.5. The van der Waals surface area contributed by atoms with Crippen LogP contribution in [0.3, 0.4) is 0 Å². The van der Waals surface area contributed by atoms with Gasteiger partial charge in [-0.1, -0.05) is 28.1 Å². The van der Waals surface area contributed by atoms with E-state index in [9.17, 15) is 0 Å². The van der Waals surface area contributed by atoms with Gasteiger partial charge in [0.25, 0.3) is 0 Å². The number of hydrogen-bond donors (Lipinski definition) is 1. The minimum Gasteiger partial charge on any atom is -0.317 e. The molecule has 1 aliphatic rings. The molecule has 1 unspecified atom stereocenters. The lowest BCUT2D eigenvalue weighted by molar-refractivity contribution is 0.470. The molecule has 1 aromatic carbocycles. The van der Waals surface area contributed by atoms with Gasteiger partial charge in [0.05, 0.1) is 0 Å². The molecule has 1 aliphatic heterocycles. The Morgan fingerprint density at radius 1 is 1.13 bits per heavy atom. The Morgan fingerprint density at radius 3 is 2.73 bits per heavy atom. The molecule has 1 atom stereocenters. The van der Waals surface area contributed by atoms with E-state index in [4.69, 9.17) is 0 Å². The average molecular weight is 268 g/mol. The first-order valence-corrected chi connectivity index (χ1v) is 6.59. The monoisotopic (exact) mass is 267 g/mol. The fraction of sp³-hybridized carbons (Fsp3) is 0.538. The van der Waals surface area contributed by atoms with Gasteiger partial charge in [-0.05, 0) is 62.4 Å². The quantitative estimate of drug-likeness (QED) is 0.867. The van der Waals surface area contributed by atoms with Crippen LogP contribution in [0.4, 0.5) is 0 Å². The second kappa shape index (κ2) is 5.66. The fourth-order valence-electron chi connectivity index (χ4n) is 2.25. The summed E-state index contributed by atoms with van der Waals surface area (Å²) in [5, 5.41) is 3.46. The van der Waals surface area contributed by atoms with E-state index in [1.165, 1.54) is 48.8 Å². The molecule has 82 valence electrons. The first-order valence-electron chi connectivity index (χ1n) is 5.80. The fourth-order valence-corrected chi connectivity index (χ4v) is 2.51. The molecule has 1 nitrogen and oxygen atoms in total. The van der Waals surface area contributed by atoms with Gasteiger partial charge in [0.1, 0.15) is 0 Å². The molecule has 1 heterocycles. The van der Waals surface area contributed by atoms with Crippen molar-refractivity contribution in [3.05, 3.63) is 34.3 Å². The Balaban J connectivity index is 1.92. The second-order valence-electron chi connectivity index (χ2n) is 4.38. The molecule has 2 rings (SSSR count). The highest BCUT2D eigenvalue weighted by Crippen LogP contribution is 2.20. The standard InChI is InChI=1S/C13H18BrN/c14-13-5-3-12(4-6-13)10-11-2-1-8-15-9-7-11/h3-6,11,15H,1-2,7-10H2. The van der Waals surface area contributed by atoms with E-state index in [1.807, 2.05) is 0 Å². The Morgan fingerprint density at radius 2 is 1.93 bits per heavy atom. The average Bonchev–Trinajstić information content (AvgIpc) is 2.50. The van der Waals surface area contributed by atoms with Gasteiger partial charge < -0.3 is 5.32 Å². The zero-order valence-electron chi connectivity index (χ0n) is 9.01. The third-order valence-electron chi connectivity index (χ3n) is 3.13. The van der Waals surface area contributed by atoms with Gasteiger partial charge >= 0.3 is 0 Å². The predicted molar refractivity (Wildman–Crippen MR) is 68.1 cm³/mol. The summed E-state index contributed by atoms with van der Waals surface area (Å²) in [5.74, 6) is 0.876. The normalized spacial score (nSPS) is 22.3. The minimum absolute atomic E-state index is 0.876. The summed E-state index contributed by atoms with van der Waals surface area (Å²) in [6.45, 7) is 2.40. The number of benzene rings is 1. The second-order valence-corrected chi connectivity index (χ2v) is 5.29. The molecule has 1 N–H and O–H groups in total.